The first-order valence-electron chi connectivity index (χ1n) is 3.24. The molecule has 0 N–H and O–H groups in total. The van der Waals surface area contributed by atoms with Crippen LogP contribution in [0.2, 0.25) is 0 Å². The Balaban J connectivity index is 2.85. The first-order valence-corrected chi connectivity index (χ1v) is 4.01. The standard InChI is InChI=1S/C8H8NOSe/c1-7(10)9(11)8-5-3-2-4-6-8/h2-6H,1H3/q-1. The summed E-state index contributed by atoms with van der Waals surface area (Å²) >= 11 is 2.68. The topological polar surface area (TPSA) is 20.3 Å². The van der Waals surface area contributed by atoms with Gasteiger partial charge < -0.3 is 0 Å². The number of amides is 1. The van der Waals surface area contributed by atoms with Crippen LogP contribution < -0.4 is 3.92 Å². The summed E-state index contributed by atoms with van der Waals surface area (Å²) in [6, 6.07) is 9.44. The van der Waals surface area contributed by atoms with Gasteiger partial charge in [0.05, 0.1) is 0 Å². The van der Waals surface area contributed by atoms with Crippen LogP contribution in [-0.4, -0.2) is 22.1 Å². The van der Waals surface area contributed by atoms with Crippen molar-refractivity contribution in [3.05, 3.63) is 30.3 Å². The van der Waals surface area contributed by atoms with Crippen molar-refractivity contribution in [3.8, 4) is 0 Å². The van der Waals surface area contributed by atoms with Crippen molar-refractivity contribution in [2.75, 3.05) is 3.92 Å². The molecule has 0 radical (unpaired) electrons. The van der Waals surface area contributed by atoms with Crippen LogP contribution in [0, 0.1) is 0 Å². The van der Waals surface area contributed by atoms with Gasteiger partial charge in [0.25, 0.3) is 0 Å². The second-order valence-corrected chi connectivity index (χ2v) is 2.92. The number of rotatable bonds is 1. The zero-order valence-electron chi connectivity index (χ0n) is 6.15. The van der Waals surface area contributed by atoms with Crippen molar-refractivity contribution in [1.29, 1.82) is 0 Å². The predicted octanol–water partition coefficient (Wildman–Crippen LogP) is 1.12. The number of carbonyl (C=O) groups excluding carboxylic acids is 1. The van der Waals surface area contributed by atoms with Gasteiger partial charge in [-0.2, -0.15) is 0 Å². The second-order valence-electron chi connectivity index (χ2n) is 2.15. The molecule has 0 unspecified atom stereocenters. The van der Waals surface area contributed by atoms with Gasteiger partial charge >= 0.3 is 73.8 Å². The molecule has 1 amide bonds. The molecule has 0 heterocycles. The molecule has 0 aromatic heterocycles. The predicted molar refractivity (Wildman–Crippen MR) is 45.4 cm³/mol. The Kier molecular flexibility index (Phi) is 2.69. The Morgan fingerprint density at radius 3 is 2.36 bits per heavy atom. The molecule has 0 fully saturated rings. The van der Waals surface area contributed by atoms with E-state index < -0.39 is 0 Å². The molecule has 2 nitrogen and oxygen atoms in total. The molecule has 1 rings (SSSR count). The third-order valence-electron chi connectivity index (χ3n) is 1.28. The number of carbonyl (C=O) groups is 1. The van der Waals surface area contributed by atoms with Crippen molar-refractivity contribution in [2.24, 2.45) is 0 Å². The van der Waals surface area contributed by atoms with Crippen LogP contribution in [-0.2, 0) is 4.79 Å². The summed E-state index contributed by atoms with van der Waals surface area (Å²) in [7, 11) is 0. The Morgan fingerprint density at radius 1 is 1.36 bits per heavy atom. The third kappa shape index (κ3) is 2.07. The Labute approximate surface area is 74.2 Å². The second kappa shape index (κ2) is 3.56. The molecule has 1 aromatic rings. The number of nitrogens with zero attached hydrogens (tertiary/aromatic N) is 1. The van der Waals surface area contributed by atoms with Gasteiger partial charge in [0, 0.05) is 0 Å². The maximum absolute atomic E-state index is 10.8. The van der Waals surface area contributed by atoms with Crippen LogP contribution in [0.3, 0.4) is 0 Å². The zero-order valence-corrected chi connectivity index (χ0v) is 7.86. The molecule has 11 heavy (non-hydrogen) atoms. The molecule has 1 aromatic carbocycles. The molecule has 0 atom stereocenters. The molecule has 0 bridgehead atoms. The van der Waals surface area contributed by atoms with E-state index in [4.69, 9.17) is 0 Å². The summed E-state index contributed by atoms with van der Waals surface area (Å²) in [6.45, 7) is 1.52. The average molecular weight is 213 g/mol. The van der Waals surface area contributed by atoms with E-state index in [9.17, 15) is 4.79 Å². The van der Waals surface area contributed by atoms with E-state index in [0.717, 1.165) is 5.69 Å². The molecule has 0 aliphatic heterocycles. The van der Waals surface area contributed by atoms with E-state index >= 15 is 0 Å². The van der Waals surface area contributed by atoms with E-state index in [-0.39, 0.29) is 5.91 Å². The van der Waals surface area contributed by atoms with E-state index in [1.54, 1.807) is 0 Å². The summed E-state index contributed by atoms with van der Waals surface area (Å²) in [5.74, 6) is -0.00352. The van der Waals surface area contributed by atoms with Gasteiger partial charge in [0.15, 0.2) is 0 Å². The fourth-order valence-electron chi connectivity index (χ4n) is 0.745. The molecule has 3 heteroatoms. The van der Waals surface area contributed by atoms with Crippen molar-refractivity contribution in [1.82, 2.24) is 0 Å². The van der Waals surface area contributed by atoms with Gasteiger partial charge in [0.1, 0.15) is 0 Å². The molecule has 0 aliphatic rings. The summed E-state index contributed by atoms with van der Waals surface area (Å²) in [5.41, 5.74) is 0.875. The average Bonchev–Trinajstić information content (AvgIpc) is 2.05. The number of hydrogen-bond donors (Lipinski definition) is 0. The SMILES string of the molecule is CC(=O)N([Se-])c1ccccc1. The molecular weight excluding hydrogens is 205 g/mol. The van der Waals surface area contributed by atoms with Crippen LogP contribution in [0.25, 0.3) is 0 Å². The molecule has 58 valence electrons. The Bertz CT molecular complexity index is 248. The van der Waals surface area contributed by atoms with Gasteiger partial charge in [-0.15, -0.1) is 0 Å². The first-order chi connectivity index (χ1) is 5.22. The monoisotopic (exact) mass is 214 g/mol. The van der Waals surface area contributed by atoms with Crippen molar-refractivity contribution in [3.63, 3.8) is 0 Å². The molecule has 0 saturated heterocycles. The Hall–Kier alpha value is -0.791. The van der Waals surface area contributed by atoms with Gasteiger partial charge in [-0.3, -0.25) is 0 Å². The summed E-state index contributed by atoms with van der Waals surface area (Å²) < 4.78 is 1.49. The van der Waals surface area contributed by atoms with Crippen LogP contribution in [0.5, 0.6) is 0 Å². The van der Waals surface area contributed by atoms with Crippen LogP contribution in [0.1, 0.15) is 6.92 Å². The normalized spacial score (nSPS) is 9.27. The van der Waals surface area contributed by atoms with E-state index in [1.165, 1.54) is 10.8 Å². The van der Waals surface area contributed by atoms with Gasteiger partial charge in [0.2, 0.25) is 0 Å². The third-order valence-corrected chi connectivity index (χ3v) is 2.26. The van der Waals surface area contributed by atoms with E-state index in [2.05, 4.69) is 16.2 Å². The maximum atomic E-state index is 10.8. The summed E-state index contributed by atoms with van der Waals surface area (Å²) in [5, 5.41) is 0. The van der Waals surface area contributed by atoms with Gasteiger partial charge in [-0.25, -0.2) is 0 Å². The summed E-state index contributed by atoms with van der Waals surface area (Å²) in [4.78, 5) is 10.8. The molecule has 0 aliphatic carbocycles. The Morgan fingerprint density at radius 2 is 1.91 bits per heavy atom. The minimum atomic E-state index is -0.00352. The number of hydrogen-bond acceptors (Lipinski definition) is 1. The van der Waals surface area contributed by atoms with E-state index in [0.29, 0.717) is 0 Å². The van der Waals surface area contributed by atoms with Gasteiger partial charge in [-0.1, -0.05) is 0 Å². The fourth-order valence-corrected chi connectivity index (χ4v) is 1.00. The van der Waals surface area contributed by atoms with Crippen LogP contribution in [0.15, 0.2) is 30.3 Å². The number of benzene rings is 1. The molecular formula is C8H8NOSe-. The van der Waals surface area contributed by atoms with Crippen LogP contribution in [0.4, 0.5) is 5.69 Å². The number of anilines is 1. The van der Waals surface area contributed by atoms with Gasteiger partial charge in [-0.05, 0) is 0 Å². The summed E-state index contributed by atoms with van der Waals surface area (Å²) in [6.07, 6.45) is 0. The molecule has 0 saturated carbocycles. The van der Waals surface area contributed by atoms with Crippen molar-refractivity contribution in [2.45, 2.75) is 6.92 Å². The fraction of sp³-hybridized carbons (Fsp3) is 0.125. The quantitative estimate of drug-likeness (QED) is 0.640. The zero-order chi connectivity index (χ0) is 8.27. The number of para-hydroxylation sites is 1. The van der Waals surface area contributed by atoms with Crippen molar-refractivity contribution >= 4 is 27.8 Å². The minimum absolute atomic E-state index is 0.00352. The van der Waals surface area contributed by atoms with E-state index in [1.807, 2.05) is 30.3 Å². The first kappa shape index (κ1) is 8.31. The van der Waals surface area contributed by atoms with Crippen molar-refractivity contribution < 1.29 is 4.79 Å². The molecule has 0 spiro atoms. The van der Waals surface area contributed by atoms with Crippen LogP contribution >= 0.6 is 0 Å².